The van der Waals surface area contributed by atoms with E-state index < -0.39 is 0 Å². The van der Waals surface area contributed by atoms with Gasteiger partial charge in [0, 0.05) is 22.7 Å². The van der Waals surface area contributed by atoms with E-state index in [0.29, 0.717) is 10.3 Å². The number of hydrogen-bond acceptors (Lipinski definition) is 3. The summed E-state index contributed by atoms with van der Waals surface area (Å²) >= 11 is 1.36. The summed E-state index contributed by atoms with van der Waals surface area (Å²) in [5.74, 6) is -0.348. The number of nitrogens with one attached hydrogen (secondary N) is 2. The van der Waals surface area contributed by atoms with Gasteiger partial charge < -0.3 is 10.6 Å². The predicted molar refractivity (Wildman–Crippen MR) is 82.5 cm³/mol. The number of thiophene rings is 1. The maximum absolute atomic E-state index is 13.8. The average Bonchev–Trinajstić information content (AvgIpc) is 2.98. The van der Waals surface area contributed by atoms with Crippen molar-refractivity contribution in [2.24, 2.45) is 0 Å². The third kappa shape index (κ3) is 2.66. The van der Waals surface area contributed by atoms with Crippen LogP contribution in [0.2, 0.25) is 0 Å². The Morgan fingerprint density at radius 1 is 1.50 bits per heavy atom. The van der Waals surface area contributed by atoms with Crippen molar-refractivity contribution in [3.05, 3.63) is 34.5 Å². The topological polar surface area (TPSA) is 41.1 Å². The zero-order valence-corrected chi connectivity index (χ0v) is 12.7. The highest BCUT2D eigenvalue weighted by Gasteiger charge is 2.21. The number of hydrogen-bond donors (Lipinski definition) is 2. The molecule has 3 rings (SSSR count). The highest BCUT2D eigenvalue weighted by Crippen LogP contribution is 2.32. The Morgan fingerprint density at radius 3 is 2.95 bits per heavy atom. The molecule has 6 heteroatoms. The third-order valence-corrected chi connectivity index (χ3v) is 4.76. The summed E-state index contributed by atoms with van der Waals surface area (Å²) in [7, 11) is 0. The second-order valence-corrected chi connectivity index (χ2v) is 5.88. The second-order valence-electron chi connectivity index (χ2n) is 4.83. The molecule has 1 aliphatic heterocycles. The smallest absolute Gasteiger partial charge is 0.261 e. The van der Waals surface area contributed by atoms with Crippen LogP contribution in [0.5, 0.6) is 0 Å². The van der Waals surface area contributed by atoms with Crippen molar-refractivity contribution in [2.75, 3.05) is 13.1 Å². The molecule has 1 unspecified atom stereocenters. The molecule has 0 spiro atoms. The van der Waals surface area contributed by atoms with E-state index in [2.05, 4.69) is 10.6 Å². The highest BCUT2D eigenvalue weighted by molar-refractivity contribution is 7.21. The molecular formula is C14H16ClFN2OS. The van der Waals surface area contributed by atoms with Gasteiger partial charge in [-0.1, -0.05) is 6.07 Å². The molecule has 1 aromatic heterocycles. The molecule has 1 aliphatic rings. The van der Waals surface area contributed by atoms with Crippen molar-refractivity contribution in [2.45, 2.75) is 19.4 Å². The lowest BCUT2D eigenvalue weighted by molar-refractivity contribution is 0.0943. The highest BCUT2D eigenvalue weighted by atomic mass is 35.5. The molecule has 1 saturated heterocycles. The van der Waals surface area contributed by atoms with E-state index >= 15 is 0 Å². The molecule has 2 N–H and O–H groups in total. The number of rotatable bonds is 2. The summed E-state index contributed by atoms with van der Waals surface area (Å²) in [6, 6.07) is 5.15. The Kier molecular flexibility index (Phi) is 4.62. The van der Waals surface area contributed by atoms with Crippen LogP contribution in [0.25, 0.3) is 10.1 Å². The minimum atomic E-state index is -0.257. The van der Waals surface area contributed by atoms with E-state index in [0.717, 1.165) is 29.8 Å². The maximum Gasteiger partial charge on any atom is 0.261 e. The molecule has 2 aromatic rings. The fraction of sp³-hybridized carbons (Fsp3) is 0.357. The number of amides is 1. The van der Waals surface area contributed by atoms with Crippen molar-refractivity contribution < 1.29 is 9.18 Å². The van der Waals surface area contributed by atoms with E-state index in [9.17, 15) is 9.18 Å². The van der Waals surface area contributed by atoms with E-state index in [4.69, 9.17) is 0 Å². The molecule has 1 atom stereocenters. The first-order valence-electron chi connectivity index (χ1n) is 6.36. The summed E-state index contributed by atoms with van der Waals surface area (Å²) in [4.78, 5) is 12.9. The maximum atomic E-state index is 13.8. The van der Waals surface area contributed by atoms with Crippen molar-refractivity contribution in [1.29, 1.82) is 0 Å². The van der Waals surface area contributed by atoms with Crippen LogP contribution < -0.4 is 10.6 Å². The van der Waals surface area contributed by atoms with Gasteiger partial charge >= 0.3 is 0 Å². The number of carbonyl (C=O) groups is 1. The minimum Gasteiger partial charge on any atom is -0.347 e. The molecule has 0 saturated carbocycles. The molecule has 0 radical (unpaired) electrons. The first-order valence-corrected chi connectivity index (χ1v) is 7.17. The summed E-state index contributed by atoms with van der Waals surface area (Å²) in [6.45, 7) is 3.55. The van der Waals surface area contributed by atoms with Crippen LogP contribution in [0, 0.1) is 12.7 Å². The first kappa shape index (κ1) is 15.2. The third-order valence-electron chi connectivity index (χ3n) is 3.50. The lowest BCUT2D eigenvalue weighted by atomic mass is 10.1. The lowest BCUT2D eigenvalue weighted by Crippen LogP contribution is -2.36. The van der Waals surface area contributed by atoms with Gasteiger partial charge in [-0.3, -0.25) is 4.79 Å². The van der Waals surface area contributed by atoms with Crippen molar-refractivity contribution in [3.8, 4) is 0 Å². The molecule has 2 heterocycles. The number of halogens is 2. The minimum absolute atomic E-state index is 0. The van der Waals surface area contributed by atoms with Crippen LogP contribution in [0.4, 0.5) is 4.39 Å². The Bertz CT molecular complexity index is 637. The fourth-order valence-corrected chi connectivity index (χ4v) is 3.62. The molecule has 0 bridgehead atoms. The average molecular weight is 315 g/mol. The van der Waals surface area contributed by atoms with Crippen LogP contribution in [0.1, 0.15) is 21.7 Å². The fourth-order valence-electron chi connectivity index (χ4n) is 2.50. The van der Waals surface area contributed by atoms with Gasteiger partial charge in [0.25, 0.3) is 5.91 Å². The van der Waals surface area contributed by atoms with Gasteiger partial charge in [-0.25, -0.2) is 4.39 Å². The Morgan fingerprint density at radius 2 is 2.30 bits per heavy atom. The van der Waals surface area contributed by atoms with Gasteiger partial charge in [-0.05, 0) is 37.6 Å². The van der Waals surface area contributed by atoms with Gasteiger partial charge in [-0.15, -0.1) is 23.7 Å². The van der Waals surface area contributed by atoms with E-state index in [-0.39, 0.29) is 30.2 Å². The molecule has 3 nitrogen and oxygen atoms in total. The normalized spacial score (nSPS) is 18.0. The SMILES string of the molecule is Cc1c(C(=O)NC2CCNC2)sc2cccc(F)c12.Cl. The molecule has 0 aliphatic carbocycles. The zero-order valence-electron chi connectivity index (χ0n) is 11.0. The number of fused-ring (bicyclic) bond motifs is 1. The zero-order chi connectivity index (χ0) is 13.4. The molecule has 20 heavy (non-hydrogen) atoms. The number of benzene rings is 1. The lowest BCUT2D eigenvalue weighted by Gasteiger charge is -2.10. The number of carbonyl (C=O) groups excluding carboxylic acids is 1. The van der Waals surface area contributed by atoms with E-state index in [1.807, 2.05) is 13.0 Å². The van der Waals surface area contributed by atoms with Gasteiger partial charge in [0.05, 0.1) is 4.88 Å². The summed E-state index contributed by atoms with van der Waals surface area (Å²) in [5.41, 5.74) is 0.738. The number of aryl methyl sites for hydroxylation is 1. The van der Waals surface area contributed by atoms with Crippen molar-refractivity contribution in [3.63, 3.8) is 0 Å². The van der Waals surface area contributed by atoms with Gasteiger partial charge in [0.2, 0.25) is 0 Å². The van der Waals surface area contributed by atoms with Crippen LogP contribution in [-0.2, 0) is 0 Å². The Labute approximate surface area is 127 Å². The largest absolute Gasteiger partial charge is 0.347 e. The Balaban J connectivity index is 0.00000147. The summed E-state index contributed by atoms with van der Waals surface area (Å²) < 4.78 is 14.6. The second kappa shape index (κ2) is 6.08. The van der Waals surface area contributed by atoms with Crippen LogP contribution in [0.3, 0.4) is 0 Å². The van der Waals surface area contributed by atoms with Gasteiger partial charge in [0.15, 0.2) is 0 Å². The van der Waals surface area contributed by atoms with Gasteiger partial charge in [-0.2, -0.15) is 0 Å². The molecule has 108 valence electrons. The monoisotopic (exact) mass is 314 g/mol. The molecule has 1 fully saturated rings. The molecule has 1 amide bonds. The predicted octanol–water partition coefficient (Wildman–Crippen LogP) is 2.86. The molecule has 1 aromatic carbocycles. The van der Waals surface area contributed by atoms with E-state index in [1.54, 1.807) is 6.07 Å². The van der Waals surface area contributed by atoms with Crippen LogP contribution in [-0.4, -0.2) is 25.0 Å². The summed E-state index contributed by atoms with van der Waals surface area (Å²) in [5, 5.41) is 6.78. The van der Waals surface area contributed by atoms with Crippen LogP contribution >= 0.6 is 23.7 Å². The van der Waals surface area contributed by atoms with Crippen molar-refractivity contribution in [1.82, 2.24) is 10.6 Å². The molecular weight excluding hydrogens is 299 g/mol. The summed E-state index contributed by atoms with van der Waals surface area (Å²) in [6.07, 6.45) is 0.948. The standard InChI is InChI=1S/C14H15FN2OS.ClH/c1-8-12-10(15)3-2-4-11(12)19-13(8)14(18)17-9-5-6-16-7-9;/h2-4,9,16H,5-7H2,1H3,(H,17,18);1H. The van der Waals surface area contributed by atoms with Crippen molar-refractivity contribution >= 4 is 39.7 Å². The Hall–Kier alpha value is -1.17. The van der Waals surface area contributed by atoms with E-state index in [1.165, 1.54) is 17.4 Å². The van der Waals surface area contributed by atoms with Crippen LogP contribution in [0.15, 0.2) is 18.2 Å². The quantitative estimate of drug-likeness (QED) is 0.895. The van der Waals surface area contributed by atoms with Gasteiger partial charge in [0.1, 0.15) is 5.82 Å². The first-order chi connectivity index (χ1) is 9.16.